The normalized spacial score (nSPS) is 11.1. The summed E-state index contributed by atoms with van der Waals surface area (Å²) in [5.41, 5.74) is 0. The molecule has 2 aromatic heterocycles. The number of hydrogen-bond acceptors (Lipinski definition) is 4. The Labute approximate surface area is 124 Å². The summed E-state index contributed by atoms with van der Waals surface area (Å²) in [7, 11) is 3.52. The van der Waals surface area contributed by atoms with E-state index in [2.05, 4.69) is 26.1 Å². The molecule has 0 radical (unpaired) electrons. The molecule has 2 rings (SSSR count). The molecule has 0 aliphatic rings. The second kappa shape index (κ2) is 6.49. The van der Waals surface area contributed by atoms with Gasteiger partial charge in [-0.25, -0.2) is 0 Å². The Morgan fingerprint density at radius 3 is 3.05 bits per heavy atom. The lowest BCUT2D eigenvalue weighted by molar-refractivity contribution is 0.0793. The smallest absolute Gasteiger partial charge is 0.263 e. The Kier molecular flexibility index (Phi) is 4.95. The highest BCUT2D eigenvalue weighted by molar-refractivity contribution is 9.10. The Morgan fingerprint density at radius 1 is 1.58 bits per heavy atom. The number of halogens is 1. The predicted molar refractivity (Wildman–Crippen MR) is 79.7 cm³/mol. The topological polar surface area (TPSA) is 58.2 Å². The van der Waals surface area contributed by atoms with Gasteiger partial charge in [-0.1, -0.05) is 0 Å². The van der Waals surface area contributed by atoms with Crippen molar-refractivity contribution < 1.29 is 9.53 Å². The van der Waals surface area contributed by atoms with E-state index < -0.39 is 0 Å². The number of carbonyl (C=O) groups excluding carboxylic acids is 1. The van der Waals surface area contributed by atoms with Crippen molar-refractivity contribution in [3.8, 4) is 0 Å². The van der Waals surface area contributed by atoms with Gasteiger partial charge in [0.05, 0.1) is 4.88 Å². The molecule has 2 heterocycles. The fourth-order valence-electron chi connectivity index (χ4n) is 1.77. The maximum atomic E-state index is 12.2. The van der Waals surface area contributed by atoms with E-state index in [0.29, 0.717) is 0 Å². The number of methoxy groups -OCH3 is 1. The minimum absolute atomic E-state index is 0.0484. The van der Waals surface area contributed by atoms with Crippen molar-refractivity contribution in [2.45, 2.75) is 12.8 Å². The number of aromatic nitrogens is 2. The molecule has 0 bridgehead atoms. The number of nitrogens with one attached hydrogen (secondary N) is 1. The fraction of sp³-hybridized carbons (Fsp3) is 0.500. The molecule has 1 amide bonds. The van der Waals surface area contributed by atoms with Crippen LogP contribution in [0.25, 0.3) is 10.2 Å². The summed E-state index contributed by atoms with van der Waals surface area (Å²) in [5.74, 6) is 0.0484. The molecular formula is C12H16BrN3O2S. The first-order chi connectivity index (χ1) is 9.13. The van der Waals surface area contributed by atoms with Gasteiger partial charge in [0, 0.05) is 32.7 Å². The highest BCUT2D eigenvalue weighted by Gasteiger charge is 2.17. The molecule has 2 aromatic rings. The number of unbranched alkanes of at least 4 members (excludes halogenated alkanes) is 1. The summed E-state index contributed by atoms with van der Waals surface area (Å²) in [6, 6.07) is 1.88. The van der Waals surface area contributed by atoms with Gasteiger partial charge in [0.1, 0.15) is 9.43 Å². The highest BCUT2D eigenvalue weighted by Crippen LogP contribution is 2.29. The molecule has 1 N–H and O–H groups in total. The maximum absolute atomic E-state index is 12.2. The standard InChI is InChI=1S/C12H16BrN3O2S/c1-16(5-3-4-6-18-2)12(17)9-7-8-10(13)14-15-11(8)19-9/h7H,3-6H2,1-2H3,(H,14,15). The molecular weight excluding hydrogens is 330 g/mol. The molecule has 0 fully saturated rings. The van der Waals surface area contributed by atoms with Crippen molar-refractivity contribution >= 4 is 43.4 Å². The minimum atomic E-state index is 0.0484. The molecule has 5 nitrogen and oxygen atoms in total. The quantitative estimate of drug-likeness (QED) is 0.819. The molecule has 0 unspecified atom stereocenters. The third-order valence-corrected chi connectivity index (χ3v) is 4.48. The zero-order valence-corrected chi connectivity index (χ0v) is 13.3. The molecule has 0 atom stereocenters. The number of aromatic amines is 1. The monoisotopic (exact) mass is 345 g/mol. The highest BCUT2D eigenvalue weighted by atomic mass is 79.9. The van der Waals surface area contributed by atoms with E-state index in [4.69, 9.17) is 4.74 Å². The Morgan fingerprint density at radius 2 is 2.37 bits per heavy atom. The lowest BCUT2D eigenvalue weighted by atomic mass is 10.3. The van der Waals surface area contributed by atoms with Crippen LogP contribution in [-0.4, -0.2) is 48.3 Å². The summed E-state index contributed by atoms with van der Waals surface area (Å²) >= 11 is 4.79. The van der Waals surface area contributed by atoms with Gasteiger partial charge >= 0.3 is 0 Å². The maximum Gasteiger partial charge on any atom is 0.263 e. The Hall–Kier alpha value is -0.920. The SMILES string of the molecule is COCCCCN(C)C(=O)c1cc2c(Br)[nH]nc2s1. The molecule has 0 aliphatic heterocycles. The second-order valence-corrected chi connectivity index (χ2v) is 6.12. The van der Waals surface area contributed by atoms with Crippen LogP contribution in [0.3, 0.4) is 0 Å². The van der Waals surface area contributed by atoms with E-state index in [-0.39, 0.29) is 5.91 Å². The molecule has 0 aliphatic carbocycles. The van der Waals surface area contributed by atoms with E-state index in [9.17, 15) is 4.79 Å². The van der Waals surface area contributed by atoms with Crippen molar-refractivity contribution in [3.63, 3.8) is 0 Å². The van der Waals surface area contributed by atoms with Crippen LogP contribution in [0.1, 0.15) is 22.5 Å². The van der Waals surface area contributed by atoms with Gasteiger partial charge in [0.2, 0.25) is 0 Å². The first-order valence-corrected chi connectivity index (χ1v) is 7.62. The van der Waals surface area contributed by atoms with Gasteiger partial charge in [-0.15, -0.1) is 11.3 Å². The largest absolute Gasteiger partial charge is 0.385 e. The third-order valence-electron chi connectivity index (χ3n) is 2.85. The molecule has 7 heteroatoms. The molecule has 0 saturated heterocycles. The van der Waals surface area contributed by atoms with Gasteiger partial charge in [0.25, 0.3) is 5.91 Å². The third kappa shape index (κ3) is 3.34. The lowest BCUT2D eigenvalue weighted by Crippen LogP contribution is -2.27. The number of nitrogens with zero attached hydrogens (tertiary/aromatic N) is 2. The summed E-state index contributed by atoms with van der Waals surface area (Å²) < 4.78 is 5.81. The second-order valence-electron chi connectivity index (χ2n) is 4.29. The zero-order valence-electron chi connectivity index (χ0n) is 10.9. The first-order valence-electron chi connectivity index (χ1n) is 6.01. The molecule has 0 saturated carbocycles. The van der Waals surface area contributed by atoms with E-state index in [1.165, 1.54) is 11.3 Å². The van der Waals surface area contributed by atoms with E-state index in [0.717, 1.165) is 45.7 Å². The number of rotatable bonds is 6. The van der Waals surface area contributed by atoms with Crippen LogP contribution < -0.4 is 0 Å². The summed E-state index contributed by atoms with van der Waals surface area (Å²) in [5, 5.41) is 7.92. The average molecular weight is 346 g/mol. The van der Waals surface area contributed by atoms with Crippen molar-refractivity contribution in [2.75, 3.05) is 27.3 Å². The fourth-order valence-corrected chi connectivity index (χ4v) is 3.28. The van der Waals surface area contributed by atoms with Gasteiger partial charge in [-0.05, 0) is 34.8 Å². The van der Waals surface area contributed by atoms with Crippen LogP contribution in [0.15, 0.2) is 10.7 Å². The van der Waals surface area contributed by atoms with Gasteiger partial charge < -0.3 is 9.64 Å². The Bertz CT molecular complexity index is 566. The first kappa shape index (κ1) is 14.5. The van der Waals surface area contributed by atoms with Crippen LogP contribution >= 0.6 is 27.3 Å². The summed E-state index contributed by atoms with van der Waals surface area (Å²) in [6.07, 6.45) is 1.91. The van der Waals surface area contributed by atoms with Crippen LogP contribution in [-0.2, 0) is 4.74 Å². The van der Waals surface area contributed by atoms with E-state index in [1.807, 2.05) is 13.1 Å². The molecule has 19 heavy (non-hydrogen) atoms. The van der Waals surface area contributed by atoms with Gasteiger partial charge in [-0.2, -0.15) is 5.10 Å². The summed E-state index contributed by atoms with van der Waals surface area (Å²) in [6.45, 7) is 1.48. The number of hydrogen-bond donors (Lipinski definition) is 1. The number of fused-ring (bicyclic) bond motifs is 1. The number of thiophene rings is 1. The van der Waals surface area contributed by atoms with Crippen molar-refractivity contribution in [3.05, 3.63) is 15.5 Å². The molecule has 0 aromatic carbocycles. The van der Waals surface area contributed by atoms with Gasteiger partial charge in [-0.3, -0.25) is 9.89 Å². The van der Waals surface area contributed by atoms with Crippen LogP contribution in [0.5, 0.6) is 0 Å². The number of carbonyl (C=O) groups is 1. The minimum Gasteiger partial charge on any atom is -0.385 e. The van der Waals surface area contributed by atoms with Crippen molar-refractivity contribution in [1.29, 1.82) is 0 Å². The summed E-state index contributed by atoms with van der Waals surface area (Å²) in [4.78, 5) is 15.6. The number of H-pyrrole nitrogens is 1. The Balaban J connectivity index is 1.98. The van der Waals surface area contributed by atoms with Crippen molar-refractivity contribution in [2.24, 2.45) is 0 Å². The average Bonchev–Trinajstić information content (AvgIpc) is 2.96. The van der Waals surface area contributed by atoms with Gasteiger partial charge in [0.15, 0.2) is 0 Å². The zero-order chi connectivity index (χ0) is 13.8. The number of ether oxygens (including phenoxy) is 1. The lowest BCUT2D eigenvalue weighted by Gasteiger charge is -2.15. The van der Waals surface area contributed by atoms with Crippen LogP contribution in [0, 0.1) is 0 Å². The molecule has 0 spiro atoms. The number of amides is 1. The van der Waals surface area contributed by atoms with Crippen molar-refractivity contribution in [1.82, 2.24) is 15.1 Å². The predicted octanol–water partition coefficient (Wildman–Crippen LogP) is 2.89. The van der Waals surface area contributed by atoms with E-state index in [1.54, 1.807) is 12.0 Å². The van der Waals surface area contributed by atoms with E-state index >= 15 is 0 Å². The van der Waals surface area contributed by atoms with Crippen LogP contribution in [0.2, 0.25) is 0 Å². The van der Waals surface area contributed by atoms with Crippen LogP contribution in [0.4, 0.5) is 0 Å². The molecule has 104 valence electrons.